The van der Waals surface area contributed by atoms with Gasteiger partial charge >= 0.3 is 5.97 Å². The molecule has 6 nitrogen and oxygen atoms in total. The maximum absolute atomic E-state index is 12.5. The molecule has 0 fully saturated rings. The van der Waals surface area contributed by atoms with Gasteiger partial charge in [-0.2, -0.15) is 0 Å². The molecule has 0 spiro atoms. The number of furan rings is 1. The first kappa shape index (κ1) is 13.9. The molecule has 3 aromatic heterocycles. The Kier molecular flexibility index (Phi) is 3.80. The lowest BCUT2D eigenvalue weighted by molar-refractivity contribution is -0.133. The van der Waals surface area contributed by atoms with Crippen molar-refractivity contribution in [1.82, 2.24) is 9.55 Å². The van der Waals surface area contributed by atoms with Crippen molar-refractivity contribution in [2.45, 2.75) is 11.7 Å². The zero-order valence-electron chi connectivity index (χ0n) is 10.7. The number of rotatable bonds is 5. The lowest BCUT2D eigenvalue weighted by atomic mass is 10.4. The summed E-state index contributed by atoms with van der Waals surface area (Å²) in [5, 5.41) is 11.5. The number of fused-ring (bicyclic) bond motifs is 1. The van der Waals surface area contributed by atoms with Gasteiger partial charge in [0.25, 0.3) is 5.56 Å². The average Bonchev–Trinajstić information content (AvgIpc) is 3.11. The van der Waals surface area contributed by atoms with Gasteiger partial charge in [0, 0.05) is 0 Å². The molecular formula is C13H10N2O4S2. The van der Waals surface area contributed by atoms with Gasteiger partial charge in [0.1, 0.15) is 10.6 Å². The zero-order valence-corrected chi connectivity index (χ0v) is 12.3. The Morgan fingerprint density at radius 1 is 1.48 bits per heavy atom. The lowest BCUT2D eigenvalue weighted by Gasteiger charge is -2.09. The third-order valence-corrected chi connectivity index (χ3v) is 4.54. The molecule has 0 saturated heterocycles. The average molecular weight is 322 g/mol. The largest absolute Gasteiger partial charge is 0.481 e. The molecule has 21 heavy (non-hydrogen) atoms. The van der Waals surface area contributed by atoms with Crippen molar-refractivity contribution >= 4 is 39.3 Å². The summed E-state index contributed by atoms with van der Waals surface area (Å²) in [6.07, 6.45) is 1.53. The van der Waals surface area contributed by atoms with Crippen LogP contribution in [0.3, 0.4) is 0 Å². The molecule has 0 aliphatic rings. The highest BCUT2D eigenvalue weighted by molar-refractivity contribution is 7.99. The van der Waals surface area contributed by atoms with Gasteiger partial charge in [-0.05, 0) is 23.6 Å². The van der Waals surface area contributed by atoms with E-state index in [2.05, 4.69) is 4.98 Å². The van der Waals surface area contributed by atoms with Crippen LogP contribution in [0.15, 0.2) is 44.2 Å². The van der Waals surface area contributed by atoms with Gasteiger partial charge in [-0.25, -0.2) is 4.98 Å². The predicted octanol–water partition coefficient (Wildman–Crippen LogP) is 2.28. The third-order valence-electron chi connectivity index (χ3n) is 2.77. The Labute approximate surface area is 127 Å². The molecule has 8 heteroatoms. The van der Waals surface area contributed by atoms with Crippen LogP contribution in [0, 0.1) is 0 Å². The molecular weight excluding hydrogens is 312 g/mol. The van der Waals surface area contributed by atoms with E-state index < -0.39 is 5.97 Å². The van der Waals surface area contributed by atoms with Crippen molar-refractivity contribution < 1.29 is 14.3 Å². The summed E-state index contributed by atoms with van der Waals surface area (Å²) >= 11 is 2.38. The number of carboxylic acids is 1. The Hall–Kier alpha value is -2.06. The molecule has 0 saturated carbocycles. The number of aliphatic carboxylic acids is 1. The van der Waals surface area contributed by atoms with Crippen molar-refractivity contribution in [2.24, 2.45) is 0 Å². The molecule has 0 radical (unpaired) electrons. The summed E-state index contributed by atoms with van der Waals surface area (Å²) in [5.74, 6) is -0.489. The van der Waals surface area contributed by atoms with Gasteiger partial charge in [0.15, 0.2) is 5.16 Å². The second-order valence-corrected chi connectivity index (χ2v) is 6.02. The Morgan fingerprint density at radius 3 is 3.05 bits per heavy atom. The minimum Gasteiger partial charge on any atom is -0.481 e. The van der Waals surface area contributed by atoms with Crippen LogP contribution in [0.25, 0.3) is 10.2 Å². The van der Waals surface area contributed by atoms with Gasteiger partial charge < -0.3 is 9.52 Å². The molecule has 108 valence electrons. The second-order valence-electron chi connectivity index (χ2n) is 4.19. The zero-order chi connectivity index (χ0) is 14.8. The highest BCUT2D eigenvalue weighted by atomic mass is 32.2. The number of nitrogens with zero attached hydrogens (tertiary/aromatic N) is 2. The van der Waals surface area contributed by atoms with Crippen LogP contribution in [-0.2, 0) is 11.3 Å². The third kappa shape index (κ3) is 2.86. The fraction of sp³-hybridized carbons (Fsp3) is 0.154. The molecule has 1 N–H and O–H groups in total. The van der Waals surface area contributed by atoms with Crippen LogP contribution in [-0.4, -0.2) is 26.4 Å². The minimum absolute atomic E-state index is 0.151. The van der Waals surface area contributed by atoms with Crippen LogP contribution >= 0.6 is 23.1 Å². The number of thioether (sulfide) groups is 1. The first-order valence-electron chi connectivity index (χ1n) is 6.00. The number of hydrogen-bond acceptors (Lipinski definition) is 6. The monoisotopic (exact) mass is 322 g/mol. The van der Waals surface area contributed by atoms with E-state index in [1.54, 1.807) is 23.6 Å². The first-order chi connectivity index (χ1) is 10.1. The summed E-state index contributed by atoms with van der Waals surface area (Å²) in [6, 6.07) is 5.22. The summed E-state index contributed by atoms with van der Waals surface area (Å²) in [7, 11) is 0. The highest BCUT2D eigenvalue weighted by Crippen LogP contribution is 2.21. The maximum Gasteiger partial charge on any atom is 0.313 e. The van der Waals surface area contributed by atoms with Gasteiger partial charge in [-0.15, -0.1) is 11.3 Å². The Morgan fingerprint density at radius 2 is 2.33 bits per heavy atom. The minimum atomic E-state index is -0.954. The fourth-order valence-corrected chi connectivity index (χ4v) is 3.39. The summed E-state index contributed by atoms with van der Waals surface area (Å²) in [6.45, 7) is 0.229. The van der Waals surface area contributed by atoms with Crippen molar-refractivity contribution in [3.05, 3.63) is 46.0 Å². The Bertz CT molecular complexity index is 836. The first-order valence-corrected chi connectivity index (χ1v) is 7.86. The normalized spacial score (nSPS) is 11.0. The van der Waals surface area contributed by atoms with E-state index in [-0.39, 0.29) is 17.9 Å². The molecule has 3 rings (SSSR count). The van der Waals surface area contributed by atoms with E-state index in [0.29, 0.717) is 21.1 Å². The maximum atomic E-state index is 12.5. The number of thiophene rings is 1. The van der Waals surface area contributed by atoms with Crippen LogP contribution in [0.4, 0.5) is 0 Å². The molecule has 3 heterocycles. The van der Waals surface area contributed by atoms with E-state index in [1.165, 1.54) is 22.2 Å². The van der Waals surface area contributed by atoms with Gasteiger partial charge in [-0.1, -0.05) is 11.8 Å². The van der Waals surface area contributed by atoms with E-state index >= 15 is 0 Å². The fourth-order valence-electron chi connectivity index (χ4n) is 1.86. The van der Waals surface area contributed by atoms with Crippen molar-refractivity contribution in [3.8, 4) is 0 Å². The number of carbonyl (C=O) groups is 1. The number of aromatic nitrogens is 2. The van der Waals surface area contributed by atoms with Crippen molar-refractivity contribution in [3.63, 3.8) is 0 Å². The molecule has 3 aromatic rings. The predicted molar refractivity (Wildman–Crippen MR) is 80.0 cm³/mol. The standard InChI is InChI=1S/C13H10N2O4S2/c16-10(17)7-21-13-14-11-9(3-5-20-11)12(18)15(13)6-8-2-1-4-19-8/h1-5H,6-7H2,(H,16,17). The summed E-state index contributed by atoms with van der Waals surface area (Å²) < 4.78 is 6.70. The van der Waals surface area contributed by atoms with E-state index in [4.69, 9.17) is 9.52 Å². The summed E-state index contributed by atoms with van der Waals surface area (Å²) in [5.41, 5.74) is -0.189. The second kappa shape index (κ2) is 5.74. The van der Waals surface area contributed by atoms with Gasteiger partial charge in [0.2, 0.25) is 0 Å². The van der Waals surface area contributed by atoms with Crippen molar-refractivity contribution in [1.29, 1.82) is 0 Å². The van der Waals surface area contributed by atoms with Gasteiger partial charge in [-0.3, -0.25) is 14.2 Å². The molecule has 0 amide bonds. The molecule has 0 bridgehead atoms. The quantitative estimate of drug-likeness (QED) is 0.573. The van der Waals surface area contributed by atoms with Gasteiger partial charge in [0.05, 0.1) is 23.9 Å². The van der Waals surface area contributed by atoms with E-state index in [9.17, 15) is 9.59 Å². The lowest BCUT2D eigenvalue weighted by Crippen LogP contribution is -2.23. The summed E-state index contributed by atoms with van der Waals surface area (Å²) in [4.78, 5) is 28.3. The molecule has 0 unspecified atom stereocenters. The SMILES string of the molecule is O=C(O)CSc1nc2sccc2c(=O)n1Cc1ccco1. The van der Waals surface area contributed by atoms with Crippen LogP contribution in [0.5, 0.6) is 0 Å². The van der Waals surface area contributed by atoms with Crippen LogP contribution < -0.4 is 5.56 Å². The topological polar surface area (TPSA) is 85.3 Å². The van der Waals surface area contributed by atoms with Crippen LogP contribution in [0.1, 0.15) is 5.76 Å². The highest BCUT2D eigenvalue weighted by Gasteiger charge is 2.14. The number of hydrogen-bond donors (Lipinski definition) is 1. The van der Waals surface area contributed by atoms with E-state index in [1.807, 2.05) is 0 Å². The van der Waals surface area contributed by atoms with E-state index in [0.717, 1.165) is 11.8 Å². The molecule has 0 atom stereocenters. The Balaban J connectivity index is 2.08. The number of carboxylic acid groups (broad SMARTS) is 1. The smallest absolute Gasteiger partial charge is 0.313 e. The van der Waals surface area contributed by atoms with Crippen LogP contribution in [0.2, 0.25) is 0 Å². The molecule has 0 aliphatic carbocycles. The molecule has 0 aliphatic heterocycles. The molecule has 0 aromatic carbocycles. The van der Waals surface area contributed by atoms with Crippen molar-refractivity contribution in [2.75, 3.05) is 5.75 Å².